The molecule has 2 amide bonds. The molecule has 0 saturated carbocycles. The molecule has 0 unspecified atom stereocenters. The number of rotatable bonds is 7. The van der Waals surface area contributed by atoms with Crippen LogP contribution in [0.25, 0.3) is 16.6 Å². The first-order valence-electron chi connectivity index (χ1n) is 15.1. The van der Waals surface area contributed by atoms with E-state index in [-0.39, 0.29) is 53.3 Å². The van der Waals surface area contributed by atoms with Crippen LogP contribution in [0.4, 0.5) is 10.1 Å². The summed E-state index contributed by atoms with van der Waals surface area (Å²) in [5, 5.41) is 19.9. The molecule has 6 rings (SSSR count). The van der Waals surface area contributed by atoms with Crippen LogP contribution < -0.4 is 20.9 Å². The summed E-state index contributed by atoms with van der Waals surface area (Å²) in [6.07, 6.45) is 6.28. The third-order valence-electron chi connectivity index (χ3n) is 7.51. The number of benzene rings is 2. The van der Waals surface area contributed by atoms with Crippen LogP contribution in [0.1, 0.15) is 33.7 Å². The second kappa shape index (κ2) is 17.6. The van der Waals surface area contributed by atoms with Crippen molar-refractivity contribution in [3.8, 4) is 17.2 Å². The highest BCUT2D eigenvalue weighted by Crippen LogP contribution is 2.31. The van der Waals surface area contributed by atoms with Crippen LogP contribution >= 0.6 is 0 Å². The van der Waals surface area contributed by atoms with Gasteiger partial charge in [-0.25, -0.2) is 9.37 Å². The summed E-state index contributed by atoms with van der Waals surface area (Å²) >= 11 is 0. The van der Waals surface area contributed by atoms with Crippen LogP contribution in [-0.4, -0.2) is 80.6 Å². The topological polar surface area (TPSA) is 193 Å². The van der Waals surface area contributed by atoms with Crippen LogP contribution in [0.5, 0.6) is 11.5 Å². The SMILES string of the molecule is CN1CCC(NC(=O)c2cc3c(Oc4ccc(NC(=O)c5cccn(-c6ccccc6)c5=O)cc4F)ccnc3cn2)CC1.O=CO.O=CO. The van der Waals surface area contributed by atoms with Crippen LogP contribution in [-0.2, 0) is 9.59 Å². The fraction of sp³-hybridized carbons (Fsp3) is 0.171. The molecule has 258 valence electrons. The van der Waals surface area contributed by atoms with Crippen LogP contribution in [0.3, 0.4) is 0 Å². The van der Waals surface area contributed by atoms with Gasteiger partial charge in [-0.1, -0.05) is 18.2 Å². The first-order valence-corrected chi connectivity index (χ1v) is 15.1. The van der Waals surface area contributed by atoms with Crippen molar-refractivity contribution >= 4 is 41.3 Å². The van der Waals surface area contributed by atoms with Crippen molar-refractivity contribution in [2.75, 3.05) is 25.5 Å². The van der Waals surface area contributed by atoms with Gasteiger partial charge in [-0.05, 0) is 81.5 Å². The standard InChI is InChI=1S/C33H29FN6O4.2CH2O2/c1-39-16-12-21(13-17-39)37-32(42)27-19-25-28(20-36-27)35-14-11-29(25)44-30-10-9-22(18-26(30)34)38-31(41)24-8-5-15-40(33(24)43)23-6-3-2-4-7-23;2*2-1-3/h2-11,14-15,18-21H,12-13,16-17H2,1H3,(H,37,42)(H,38,41);2*1H,(H,2,3). The molecule has 14 nitrogen and oxygen atoms in total. The van der Waals surface area contributed by atoms with E-state index in [1.165, 1.54) is 35.2 Å². The molecule has 4 heterocycles. The molecule has 0 atom stereocenters. The summed E-state index contributed by atoms with van der Waals surface area (Å²) in [7, 11) is 2.05. The molecule has 0 bridgehead atoms. The average Bonchev–Trinajstić information content (AvgIpc) is 3.11. The van der Waals surface area contributed by atoms with Crippen molar-refractivity contribution < 1.29 is 38.5 Å². The third-order valence-corrected chi connectivity index (χ3v) is 7.51. The lowest BCUT2D eigenvalue weighted by atomic mass is 10.1. The van der Waals surface area contributed by atoms with E-state index in [9.17, 15) is 14.4 Å². The Bertz CT molecular complexity index is 2010. The van der Waals surface area contributed by atoms with Crippen molar-refractivity contribution in [2.45, 2.75) is 18.9 Å². The summed E-state index contributed by atoms with van der Waals surface area (Å²) in [4.78, 5) is 66.4. The molecule has 4 N–H and O–H groups in total. The number of hydrogen-bond acceptors (Lipinski definition) is 9. The van der Waals surface area contributed by atoms with Gasteiger partial charge in [-0.3, -0.25) is 33.5 Å². The zero-order valence-electron chi connectivity index (χ0n) is 26.7. The zero-order valence-corrected chi connectivity index (χ0v) is 26.7. The molecule has 3 aromatic heterocycles. The van der Waals surface area contributed by atoms with Gasteiger partial charge >= 0.3 is 0 Å². The van der Waals surface area contributed by atoms with Gasteiger partial charge in [0.2, 0.25) is 0 Å². The number of ether oxygens (including phenoxy) is 1. The number of para-hydroxylation sites is 1. The molecule has 1 aliphatic rings. The van der Waals surface area contributed by atoms with Crippen molar-refractivity contribution in [3.05, 3.63) is 119 Å². The molecule has 0 spiro atoms. The first kappa shape index (κ1) is 36.4. The number of amides is 2. The molecular formula is C35H33FN6O8. The van der Waals surface area contributed by atoms with E-state index in [4.69, 9.17) is 24.5 Å². The van der Waals surface area contributed by atoms with E-state index in [1.807, 2.05) is 6.07 Å². The average molecular weight is 685 g/mol. The first-order chi connectivity index (χ1) is 24.2. The third kappa shape index (κ3) is 9.32. The molecule has 1 aliphatic heterocycles. The number of carboxylic acid groups (broad SMARTS) is 2. The minimum absolute atomic E-state index is 0.0701. The van der Waals surface area contributed by atoms with Crippen LogP contribution in [0.15, 0.2) is 96.2 Å². The second-order valence-corrected chi connectivity index (χ2v) is 10.8. The number of carbonyl (C=O) groups excluding carboxylic acids is 2. The van der Waals surface area contributed by atoms with E-state index in [1.54, 1.807) is 48.7 Å². The highest BCUT2D eigenvalue weighted by Gasteiger charge is 2.21. The number of likely N-dealkylation sites (tertiary alicyclic amines) is 1. The maximum atomic E-state index is 15.2. The van der Waals surface area contributed by atoms with E-state index in [2.05, 4.69) is 32.5 Å². The van der Waals surface area contributed by atoms with Gasteiger partial charge in [-0.2, -0.15) is 0 Å². The van der Waals surface area contributed by atoms with E-state index < -0.39 is 17.3 Å². The highest BCUT2D eigenvalue weighted by molar-refractivity contribution is 6.04. The van der Waals surface area contributed by atoms with E-state index in [0.717, 1.165) is 32.0 Å². The minimum atomic E-state index is -0.739. The molecule has 1 saturated heterocycles. The van der Waals surface area contributed by atoms with Gasteiger partial charge in [0.1, 0.15) is 17.0 Å². The van der Waals surface area contributed by atoms with Crippen molar-refractivity contribution in [1.82, 2.24) is 24.8 Å². The normalized spacial score (nSPS) is 12.7. The number of fused-ring (bicyclic) bond motifs is 1. The Balaban J connectivity index is 0.000000875. The Kier molecular flexibility index (Phi) is 12.8. The summed E-state index contributed by atoms with van der Waals surface area (Å²) in [5.74, 6) is -1.52. The maximum absolute atomic E-state index is 15.2. The lowest BCUT2D eigenvalue weighted by Crippen LogP contribution is -2.43. The maximum Gasteiger partial charge on any atom is 0.290 e. The Morgan fingerprint density at radius 1 is 0.920 bits per heavy atom. The van der Waals surface area contributed by atoms with Gasteiger partial charge < -0.3 is 30.5 Å². The van der Waals surface area contributed by atoms with E-state index in [0.29, 0.717) is 16.6 Å². The van der Waals surface area contributed by atoms with Gasteiger partial charge in [0, 0.05) is 41.3 Å². The molecule has 1 fully saturated rings. The summed E-state index contributed by atoms with van der Waals surface area (Å²) in [6.45, 7) is 1.32. The molecule has 0 radical (unpaired) electrons. The molecule has 5 aromatic rings. The number of halogens is 1. The van der Waals surface area contributed by atoms with Gasteiger partial charge in [0.15, 0.2) is 11.6 Å². The lowest BCUT2D eigenvalue weighted by molar-refractivity contribution is -0.123. The summed E-state index contributed by atoms with van der Waals surface area (Å²) < 4.78 is 22.5. The molecule has 2 aromatic carbocycles. The quantitative estimate of drug-likeness (QED) is 0.180. The number of nitrogens with one attached hydrogen (secondary N) is 2. The van der Waals surface area contributed by atoms with Gasteiger partial charge in [0.05, 0.1) is 11.7 Å². The summed E-state index contributed by atoms with van der Waals surface area (Å²) in [5.41, 5.74) is 0.849. The summed E-state index contributed by atoms with van der Waals surface area (Å²) in [6, 6.07) is 19.1. The highest BCUT2D eigenvalue weighted by atomic mass is 19.1. The largest absolute Gasteiger partial charge is 0.483 e. The predicted octanol–water partition coefficient (Wildman–Crippen LogP) is 4.19. The van der Waals surface area contributed by atoms with Crippen LogP contribution in [0.2, 0.25) is 0 Å². The fourth-order valence-corrected chi connectivity index (χ4v) is 5.09. The van der Waals surface area contributed by atoms with E-state index >= 15 is 4.39 Å². The Labute approximate surface area is 284 Å². The lowest BCUT2D eigenvalue weighted by Gasteiger charge is -2.29. The predicted molar refractivity (Wildman–Crippen MR) is 181 cm³/mol. The number of aromatic nitrogens is 3. The Morgan fingerprint density at radius 2 is 1.62 bits per heavy atom. The number of carbonyl (C=O) groups is 4. The number of nitrogens with zero attached hydrogens (tertiary/aromatic N) is 4. The number of hydrogen-bond donors (Lipinski definition) is 4. The number of anilines is 1. The molecule has 0 aliphatic carbocycles. The fourth-order valence-electron chi connectivity index (χ4n) is 5.09. The molecular weight excluding hydrogens is 651 g/mol. The minimum Gasteiger partial charge on any atom is -0.483 e. The smallest absolute Gasteiger partial charge is 0.290 e. The number of piperidine rings is 1. The second-order valence-electron chi connectivity index (χ2n) is 10.8. The van der Waals surface area contributed by atoms with Gasteiger partial charge in [0.25, 0.3) is 30.3 Å². The molecule has 15 heteroatoms. The van der Waals surface area contributed by atoms with Crippen molar-refractivity contribution in [1.29, 1.82) is 0 Å². The Hall–Kier alpha value is -6.48. The van der Waals surface area contributed by atoms with Gasteiger partial charge in [-0.15, -0.1) is 0 Å². The Morgan fingerprint density at radius 3 is 2.30 bits per heavy atom. The van der Waals surface area contributed by atoms with Crippen molar-refractivity contribution in [3.63, 3.8) is 0 Å². The van der Waals surface area contributed by atoms with Crippen LogP contribution in [0, 0.1) is 5.82 Å². The van der Waals surface area contributed by atoms with Crippen molar-refractivity contribution in [2.24, 2.45) is 0 Å². The monoisotopic (exact) mass is 684 g/mol. The molecule has 50 heavy (non-hydrogen) atoms. The zero-order chi connectivity index (χ0) is 36.0. The number of pyridine rings is 3.